The average molecular weight is 438 g/mol. The van der Waals surface area contributed by atoms with Crippen LogP contribution in [0.4, 0.5) is 5.82 Å². The van der Waals surface area contributed by atoms with Gasteiger partial charge >= 0.3 is 0 Å². The molecule has 1 fully saturated rings. The summed E-state index contributed by atoms with van der Waals surface area (Å²) in [5.41, 5.74) is 17.6. The Morgan fingerprint density at radius 1 is 1.32 bits per heavy atom. The molecular formula is C19H30N6O6. The monoisotopic (exact) mass is 438 g/mol. The fraction of sp³-hybridized carbons (Fsp3) is 0.632. The first-order chi connectivity index (χ1) is 14.5. The van der Waals surface area contributed by atoms with Gasteiger partial charge in [0.25, 0.3) is 5.91 Å². The number of aryl methyl sites for hydroxylation is 1. The molecule has 1 saturated heterocycles. The molecular weight excluding hydrogens is 408 g/mol. The lowest BCUT2D eigenvalue weighted by Gasteiger charge is -2.23. The zero-order chi connectivity index (χ0) is 23.0. The molecule has 172 valence electrons. The number of hydrogen-bond acceptors (Lipinski definition) is 10. The summed E-state index contributed by atoms with van der Waals surface area (Å²) in [6, 6.07) is -0.603. The normalized spacial score (nSPS) is 25.9. The van der Waals surface area contributed by atoms with Crippen LogP contribution < -0.4 is 17.2 Å². The number of carbonyl (C=O) groups is 1. The van der Waals surface area contributed by atoms with Crippen molar-refractivity contribution in [2.75, 3.05) is 12.3 Å². The first kappa shape index (κ1) is 23.3. The number of carbonyl (C=O) groups excluding carboxylic acids is 1. The minimum Gasteiger partial charge on any atom is -0.387 e. The Labute approximate surface area is 179 Å². The maximum Gasteiger partial charge on any atom is 0.251 e. The van der Waals surface area contributed by atoms with E-state index in [0.29, 0.717) is 12.2 Å². The summed E-state index contributed by atoms with van der Waals surface area (Å²) >= 11 is 0. The molecule has 0 aromatic carbocycles. The Morgan fingerprint density at radius 3 is 2.61 bits per heavy atom. The predicted octanol–water partition coefficient (Wildman–Crippen LogP) is -1.25. The summed E-state index contributed by atoms with van der Waals surface area (Å²) in [6.07, 6.45) is -4.11. The Hall–Kier alpha value is -2.35. The van der Waals surface area contributed by atoms with E-state index in [9.17, 15) is 20.1 Å². The van der Waals surface area contributed by atoms with Crippen molar-refractivity contribution in [3.8, 4) is 0 Å². The van der Waals surface area contributed by atoms with Gasteiger partial charge in [-0.05, 0) is 19.3 Å². The topological polar surface area (TPSA) is 205 Å². The summed E-state index contributed by atoms with van der Waals surface area (Å²) in [4.78, 5) is 20.2. The lowest BCUT2D eigenvalue weighted by atomic mass is 10.0. The van der Waals surface area contributed by atoms with Crippen LogP contribution >= 0.6 is 0 Å². The number of amides is 1. The highest BCUT2D eigenvalue weighted by atomic mass is 16.6. The van der Waals surface area contributed by atoms with Gasteiger partial charge in [-0.2, -0.15) is 0 Å². The molecule has 0 saturated carbocycles. The number of aromatic nitrogens is 3. The van der Waals surface area contributed by atoms with Crippen molar-refractivity contribution in [1.29, 1.82) is 0 Å². The van der Waals surface area contributed by atoms with Gasteiger partial charge in [-0.25, -0.2) is 9.97 Å². The highest BCUT2D eigenvalue weighted by molar-refractivity contribution is 6.08. The molecule has 31 heavy (non-hydrogen) atoms. The van der Waals surface area contributed by atoms with Gasteiger partial charge in [0, 0.05) is 6.20 Å². The number of aliphatic hydroxyl groups excluding tert-OH is 3. The van der Waals surface area contributed by atoms with Crippen molar-refractivity contribution in [3.63, 3.8) is 0 Å². The van der Waals surface area contributed by atoms with E-state index in [1.165, 1.54) is 10.8 Å². The molecule has 2 aromatic rings. The van der Waals surface area contributed by atoms with E-state index in [1.54, 1.807) is 6.92 Å². The third-order valence-corrected chi connectivity index (χ3v) is 5.23. The minimum absolute atomic E-state index is 0.0604. The van der Waals surface area contributed by atoms with Gasteiger partial charge < -0.3 is 46.6 Å². The van der Waals surface area contributed by atoms with Gasteiger partial charge in [-0.1, -0.05) is 13.8 Å². The number of nitrogen functional groups attached to an aromatic ring is 1. The second-order valence-corrected chi connectivity index (χ2v) is 8.23. The van der Waals surface area contributed by atoms with E-state index in [0.717, 1.165) is 0 Å². The molecule has 9 N–H and O–H groups in total. The molecule has 0 bridgehead atoms. The second-order valence-electron chi connectivity index (χ2n) is 8.23. The molecule has 0 aliphatic carbocycles. The Balaban J connectivity index is 1.83. The molecule has 1 aliphatic heterocycles. The van der Waals surface area contributed by atoms with Gasteiger partial charge in [-0.3, -0.25) is 4.79 Å². The maximum absolute atomic E-state index is 11.9. The summed E-state index contributed by atoms with van der Waals surface area (Å²) in [5, 5.41) is 31.4. The molecule has 2 aromatic heterocycles. The first-order valence-corrected chi connectivity index (χ1v) is 10.0. The van der Waals surface area contributed by atoms with E-state index in [1.807, 2.05) is 13.8 Å². The zero-order valence-electron chi connectivity index (χ0n) is 17.7. The Kier molecular flexibility index (Phi) is 6.79. The highest BCUT2D eigenvalue weighted by Crippen LogP contribution is 2.35. The van der Waals surface area contributed by atoms with Gasteiger partial charge in [0.05, 0.1) is 23.6 Å². The quantitative estimate of drug-likeness (QED) is 0.270. The SMILES string of the molecule is Cc1nc(N)c2c(C(N)=O)cn([C@@H]3O[C@H](COC(O)[C@@H](N)CC(C)C)[C@@H](O)[C@H]3O)c2n1. The number of nitrogens with two attached hydrogens (primary N) is 3. The first-order valence-electron chi connectivity index (χ1n) is 10.0. The molecule has 12 heteroatoms. The minimum atomic E-state index is -1.37. The lowest BCUT2D eigenvalue weighted by Crippen LogP contribution is -2.41. The van der Waals surface area contributed by atoms with E-state index >= 15 is 0 Å². The maximum atomic E-state index is 11.9. The molecule has 3 heterocycles. The number of aliphatic hydroxyl groups is 3. The van der Waals surface area contributed by atoms with E-state index < -0.39 is 42.8 Å². The molecule has 3 rings (SSSR count). The van der Waals surface area contributed by atoms with Gasteiger partial charge in [-0.15, -0.1) is 0 Å². The number of rotatable bonds is 8. The van der Waals surface area contributed by atoms with Crippen molar-refractivity contribution in [2.24, 2.45) is 17.4 Å². The van der Waals surface area contributed by atoms with E-state index in [2.05, 4.69) is 9.97 Å². The molecule has 12 nitrogen and oxygen atoms in total. The van der Waals surface area contributed by atoms with Gasteiger partial charge in [0.1, 0.15) is 35.6 Å². The van der Waals surface area contributed by atoms with E-state index in [-0.39, 0.29) is 34.9 Å². The number of primary amides is 1. The third-order valence-electron chi connectivity index (χ3n) is 5.23. The average Bonchev–Trinajstić information content (AvgIpc) is 3.18. The number of anilines is 1. The zero-order valence-corrected chi connectivity index (χ0v) is 17.7. The molecule has 1 aliphatic rings. The third kappa shape index (κ3) is 4.63. The number of ether oxygens (including phenoxy) is 2. The highest BCUT2D eigenvalue weighted by Gasteiger charge is 2.45. The van der Waals surface area contributed by atoms with Gasteiger partial charge in [0.2, 0.25) is 0 Å². The van der Waals surface area contributed by atoms with Crippen molar-refractivity contribution in [2.45, 2.75) is 64.1 Å². The van der Waals surface area contributed by atoms with Crippen molar-refractivity contribution < 1.29 is 29.6 Å². The summed E-state index contributed by atoms with van der Waals surface area (Å²) in [6.45, 7) is 5.35. The van der Waals surface area contributed by atoms with Gasteiger partial charge in [0.15, 0.2) is 12.5 Å². The molecule has 1 unspecified atom stereocenters. The van der Waals surface area contributed by atoms with Crippen molar-refractivity contribution >= 4 is 22.8 Å². The molecule has 6 atom stereocenters. The molecule has 0 spiro atoms. The van der Waals surface area contributed by atoms with Crippen LogP contribution in [0, 0.1) is 12.8 Å². The van der Waals surface area contributed by atoms with Crippen LogP contribution in [0.2, 0.25) is 0 Å². The molecule has 0 radical (unpaired) electrons. The van der Waals surface area contributed by atoms with Crippen LogP contribution in [0.25, 0.3) is 11.0 Å². The van der Waals surface area contributed by atoms with Crippen LogP contribution in [0.5, 0.6) is 0 Å². The molecule has 1 amide bonds. The number of hydrogen-bond donors (Lipinski definition) is 6. The van der Waals surface area contributed by atoms with E-state index in [4.69, 9.17) is 26.7 Å². The van der Waals surface area contributed by atoms with Crippen molar-refractivity contribution in [3.05, 3.63) is 17.6 Å². The van der Waals surface area contributed by atoms with Crippen LogP contribution in [-0.2, 0) is 9.47 Å². The number of fused-ring (bicyclic) bond motifs is 1. The lowest BCUT2D eigenvalue weighted by molar-refractivity contribution is -0.153. The fourth-order valence-electron chi connectivity index (χ4n) is 3.74. The van der Waals surface area contributed by atoms with Crippen LogP contribution in [0.3, 0.4) is 0 Å². The predicted molar refractivity (Wildman–Crippen MR) is 111 cm³/mol. The van der Waals surface area contributed by atoms with Crippen LogP contribution in [0.15, 0.2) is 6.20 Å². The Bertz CT molecular complexity index is 950. The second kappa shape index (κ2) is 9.02. The van der Waals surface area contributed by atoms with Crippen LogP contribution in [0.1, 0.15) is 42.7 Å². The standard InChI is InChI=1S/C19H30N6O6/c1-7(2)4-10(20)19(29)30-6-11-13(26)14(27)18(31-11)25-5-9(16(22)28)12-15(21)23-8(3)24-17(12)25/h5,7,10-11,13-14,18-19,26-27,29H,4,6,20H2,1-3H3,(H2,22,28)(H2,21,23,24)/t10-,11+,13+,14+,18+,19?/m0/s1. The summed E-state index contributed by atoms with van der Waals surface area (Å²) < 4.78 is 12.5. The summed E-state index contributed by atoms with van der Waals surface area (Å²) in [5.74, 6) is -0.0778. The summed E-state index contributed by atoms with van der Waals surface area (Å²) in [7, 11) is 0. The smallest absolute Gasteiger partial charge is 0.251 e. The Morgan fingerprint density at radius 2 is 2.00 bits per heavy atom. The largest absolute Gasteiger partial charge is 0.387 e. The van der Waals surface area contributed by atoms with Crippen LogP contribution in [-0.4, -0.2) is 73.0 Å². The fourth-order valence-corrected chi connectivity index (χ4v) is 3.74. The van der Waals surface area contributed by atoms with Crippen molar-refractivity contribution in [1.82, 2.24) is 14.5 Å². The number of nitrogens with zero attached hydrogens (tertiary/aromatic N) is 3.